The van der Waals surface area contributed by atoms with Crippen molar-refractivity contribution in [2.75, 3.05) is 26.2 Å². The van der Waals surface area contributed by atoms with E-state index in [1.165, 1.54) is 9.71 Å². The first kappa shape index (κ1) is 22.1. The lowest BCUT2D eigenvalue weighted by atomic mass is 9.97. The average molecular weight is 429 g/mol. The molecule has 1 aliphatic rings. The van der Waals surface area contributed by atoms with Crippen molar-refractivity contribution in [3.63, 3.8) is 0 Å². The Bertz CT molecular complexity index is 966. The number of para-hydroxylation sites is 1. The number of ether oxygens (including phenoxy) is 1. The highest BCUT2D eigenvalue weighted by Gasteiger charge is 2.29. The van der Waals surface area contributed by atoms with E-state index in [1.54, 1.807) is 6.08 Å². The van der Waals surface area contributed by atoms with Gasteiger partial charge in [-0.1, -0.05) is 48.5 Å². The third-order valence-corrected chi connectivity index (χ3v) is 6.73. The molecule has 1 amide bonds. The third kappa shape index (κ3) is 6.18. The van der Waals surface area contributed by atoms with Gasteiger partial charge >= 0.3 is 0 Å². The van der Waals surface area contributed by atoms with Gasteiger partial charge in [0, 0.05) is 24.4 Å². The Labute approximate surface area is 178 Å². The fraction of sp³-hybridized carbons (Fsp3) is 0.348. The van der Waals surface area contributed by atoms with E-state index in [9.17, 15) is 13.2 Å². The topological polar surface area (TPSA) is 75.7 Å². The van der Waals surface area contributed by atoms with Crippen LogP contribution in [0, 0.1) is 12.8 Å². The molecule has 0 radical (unpaired) electrons. The molecule has 3 rings (SSSR count). The zero-order valence-corrected chi connectivity index (χ0v) is 18.0. The smallest absolute Gasteiger partial charge is 0.236 e. The number of carbonyl (C=O) groups is 1. The number of amides is 1. The molecular formula is C23H28N2O4S. The molecule has 0 aromatic heterocycles. The molecule has 1 saturated heterocycles. The van der Waals surface area contributed by atoms with Gasteiger partial charge in [-0.2, -0.15) is 4.31 Å². The summed E-state index contributed by atoms with van der Waals surface area (Å²) in [6, 6.07) is 17.1. The van der Waals surface area contributed by atoms with Crippen molar-refractivity contribution in [3.05, 3.63) is 71.1 Å². The van der Waals surface area contributed by atoms with Crippen molar-refractivity contribution < 1.29 is 17.9 Å². The van der Waals surface area contributed by atoms with Gasteiger partial charge in [0.25, 0.3) is 0 Å². The number of piperidine rings is 1. The van der Waals surface area contributed by atoms with Crippen molar-refractivity contribution in [1.82, 2.24) is 9.62 Å². The summed E-state index contributed by atoms with van der Waals surface area (Å²) in [5, 5.41) is 4.14. The van der Waals surface area contributed by atoms with E-state index in [-0.39, 0.29) is 11.8 Å². The highest BCUT2D eigenvalue weighted by atomic mass is 32.2. The predicted octanol–water partition coefficient (Wildman–Crippen LogP) is 3.20. The molecule has 0 bridgehead atoms. The van der Waals surface area contributed by atoms with Crippen molar-refractivity contribution in [1.29, 1.82) is 0 Å². The fourth-order valence-corrected chi connectivity index (χ4v) is 4.61. The van der Waals surface area contributed by atoms with Crippen LogP contribution in [0.25, 0.3) is 6.08 Å². The molecule has 0 unspecified atom stereocenters. The maximum Gasteiger partial charge on any atom is 0.236 e. The number of aryl methyl sites for hydroxylation is 1. The molecule has 160 valence electrons. The Kier molecular flexibility index (Phi) is 7.65. The van der Waals surface area contributed by atoms with Crippen molar-refractivity contribution in [3.8, 4) is 5.75 Å². The number of sulfonamides is 1. The molecule has 1 N–H and O–H groups in total. The van der Waals surface area contributed by atoms with Crippen LogP contribution in [0.3, 0.4) is 0 Å². The van der Waals surface area contributed by atoms with E-state index in [4.69, 9.17) is 4.74 Å². The average Bonchev–Trinajstić information content (AvgIpc) is 2.77. The van der Waals surface area contributed by atoms with Crippen LogP contribution in [0.15, 0.2) is 60.0 Å². The maximum atomic E-state index is 12.5. The van der Waals surface area contributed by atoms with Crippen molar-refractivity contribution in [2.24, 2.45) is 5.92 Å². The summed E-state index contributed by atoms with van der Waals surface area (Å²) in [7, 11) is -3.49. The summed E-state index contributed by atoms with van der Waals surface area (Å²) >= 11 is 0. The molecule has 1 heterocycles. The first-order valence-corrected chi connectivity index (χ1v) is 11.7. The number of carbonyl (C=O) groups excluding carboxylic acids is 1. The zero-order valence-electron chi connectivity index (χ0n) is 17.2. The van der Waals surface area contributed by atoms with Gasteiger partial charge in [0.2, 0.25) is 15.9 Å². The van der Waals surface area contributed by atoms with Crippen LogP contribution >= 0.6 is 0 Å². The second-order valence-corrected chi connectivity index (χ2v) is 9.16. The first-order chi connectivity index (χ1) is 14.5. The van der Waals surface area contributed by atoms with E-state index >= 15 is 0 Å². The summed E-state index contributed by atoms with van der Waals surface area (Å²) in [6.07, 6.45) is 2.63. The van der Waals surface area contributed by atoms with Gasteiger partial charge in [0.1, 0.15) is 12.4 Å². The molecule has 2 aromatic rings. The van der Waals surface area contributed by atoms with E-state index in [0.717, 1.165) is 16.9 Å². The molecule has 1 fully saturated rings. The van der Waals surface area contributed by atoms with Crippen LogP contribution in [-0.4, -0.2) is 44.9 Å². The Morgan fingerprint density at radius 3 is 2.47 bits per heavy atom. The van der Waals surface area contributed by atoms with Crippen LogP contribution in [0.4, 0.5) is 0 Å². The Morgan fingerprint density at radius 2 is 1.77 bits per heavy atom. The molecule has 0 atom stereocenters. The van der Waals surface area contributed by atoms with E-state index < -0.39 is 10.0 Å². The lowest BCUT2D eigenvalue weighted by molar-refractivity contribution is -0.126. The van der Waals surface area contributed by atoms with Gasteiger partial charge < -0.3 is 10.1 Å². The Morgan fingerprint density at radius 1 is 1.10 bits per heavy atom. The zero-order chi connectivity index (χ0) is 21.4. The number of nitrogens with one attached hydrogen (secondary N) is 1. The summed E-state index contributed by atoms with van der Waals surface area (Å²) in [6.45, 7) is 3.49. The highest BCUT2D eigenvalue weighted by molar-refractivity contribution is 7.92. The van der Waals surface area contributed by atoms with Gasteiger partial charge in [-0.05, 0) is 43.0 Å². The number of benzene rings is 2. The molecule has 7 heteroatoms. The number of nitrogens with zero attached hydrogens (tertiary/aromatic N) is 1. The lowest BCUT2D eigenvalue weighted by Crippen LogP contribution is -2.43. The number of hydrogen-bond donors (Lipinski definition) is 1. The quantitative estimate of drug-likeness (QED) is 0.655. The maximum absolute atomic E-state index is 12.5. The summed E-state index contributed by atoms with van der Waals surface area (Å²) in [5.74, 6) is 0.599. The lowest BCUT2D eigenvalue weighted by Gasteiger charge is -2.29. The second-order valence-electron chi connectivity index (χ2n) is 7.34. The molecule has 0 spiro atoms. The van der Waals surface area contributed by atoms with Gasteiger partial charge in [-0.3, -0.25) is 4.79 Å². The SMILES string of the molecule is Cc1ccccc1OCCNC(=O)C1CCN(S(=O)(=O)/C=C/c2ccccc2)CC1. The van der Waals surface area contributed by atoms with E-state index in [1.807, 2.05) is 61.5 Å². The Hall–Kier alpha value is -2.64. The van der Waals surface area contributed by atoms with Crippen LogP contribution in [0.5, 0.6) is 5.75 Å². The fourth-order valence-electron chi connectivity index (χ4n) is 3.39. The van der Waals surface area contributed by atoms with Crippen molar-refractivity contribution >= 4 is 22.0 Å². The standard InChI is InChI=1S/C23H28N2O4S/c1-19-7-5-6-10-22(19)29-17-14-24-23(26)21-11-15-25(16-12-21)30(27,28)18-13-20-8-3-2-4-9-20/h2-10,13,18,21H,11-12,14-17H2,1H3,(H,24,26)/b18-13+. The molecular weight excluding hydrogens is 400 g/mol. The van der Waals surface area contributed by atoms with Crippen LogP contribution in [-0.2, 0) is 14.8 Å². The van der Waals surface area contributed by atoms with Crippen LogP contribution in [0.1, 0.15) is 24.0 Å². The summed E-state index contributed by atoms with van der Waals surface area (Å²) in [5.41, 5.74) is 1.89. The highest BCUT2D eigenvalue weighted by Crippen LogP contribution is 2.21. The van der Waals surface area contributed by atoms with Crippen molar-refractivity contribution in [2.45, 2.75) is 19.8 Å². The van der Waals surface area contributed by atoms with Gasteiger partial charge in [-0.15, -0.1) is 0 Å². The molecule has 0 saturated carbocycles. The van der Waals surface area contributed by atoms with Gasteiger partial charge in [-0.25, -0.2) is 8.42 Å². The van der Waals surface area contributed by atoms with Gasteiger partial charge in [0.15, 0.2) is 0 Å². The molecule has 0 aliphatic carbocycles. The third-order valence-electron chi connectivity index (χ3n) is 5.17. The van der Waals surface area contributed by atoms with Crippen LogP contribution < -0.4 is 10.1 Å². The molecule has 30 heavy (non-hydrogen) atoms. The molecule has 1 aliphatic heterocycles. The van der Waals surface area contributed by atoms with E-state index in [0.29, 0.717) is 39.1 Å². The largest absolute Gasteiger partial charge is 0.491 e. The van der Waals surface area contributed by atoms with Crippen LogP contribution in [0.2, 0.25) is 0 Å². The molecule has 6 nitrogen and oxygen atoms in total. The second kappa shape index (κ2) is 10.4. The van der Waals surface area contributed by atoms with Gasteiger partial charge in [0.05, 0.1) is 6.54 Å². The normalized spacial score (nSPS) is 15.9. The number of rotatable bonds is 8. The predicted molar refractivity (Wildman–Crippen MR) is 118 cm³/mol. The summed E-state index contributed by atoms with van der Waals surface area (Å²) in [4.78, 5) is 12.4. The summed E-state index contributed by atoms with van der Waals surface area (Å²) < 4.78 is 32.2. The first-order valence-electron chi connectivity index (χ1n) is 10.1. The number of hydrogen-bond acceptors (Lipinski definition) is 4. The van der Waals surface area contributed by atoms with E-state index in [2.05, 4.69) is 5.32 Å². The minimum Gasteiger partial charge on any atom is -0.491 e. The molecule has 2 aromatic carbocycles. The minimum atomic E-state index is -3.49. The monoisotopic (exact) mass is 428 g/mol. The Balaban J connectivity index is 1.41. The minimum absolute atomic E-state index is 0.0414.